The van der Waals surface area contributed by atoms with Crippen LogP contribution in [0.1, 0.15) is 39.9 Å². The Kier molecular flexibility index (Phi) is 6.34. The molecular weight excluding hydrogens is 390 g/mol. The summed E-state index contributed by atoms with van der Waals surface area (Å²) in [6.07, 6.45) is 4.24. The van der Waals surface area contributed by atoms with Crippen LogP contribution in [0.3, 0.4) is 0 Å². The van der Waals surface area contributed by atoms with Gasteiger partial charge in [-0.2, -0.15) is 4.31 Å². The number of hydrogen-bond acceptors (Lipinski definition) is 4. The number of carbonyl (C=O) groups excluding carboxylic acids is 2. The van der Waals surface area contributed by atoms with Gasteiger partial charge in [0.15, 0.2) is 0 Å². The average molecular weight is 416 g/mol. The molecule has 0 saturated heterocycles. The van der Waals surface area contributed by atoms with E-state index >= 15 is 0 Å². The SMILES string of the molecule is Cc1ccc(S(=O)(=O)N(C)CC(=O)NNC(=O)c2ccc3c(c2)CCCC3)cc1. The number of fused-ring (bicyclic) bond motifs is 1. The predicted molar refractivity (Wildman–Crippen MR) is 110 cm³/mol. The van der Waals surface area contributed by atoms with Gasteiger partial charge in [-0.25, -0.2) is 8.42 Å². The fraction of sp³-hybridized carbons (Fsp3) is 0.333. The number of nitrogens with one attached hydrogen (secondary N) is 2. The van der Waals surface area contributed by atoms with E-state index in [1.165, 1.54) is 30.3 Å². The zero-order valence-electron chi connectivity index (χ0n) is 16.6. The van der Waals surface area contributed by atoms with Crippen molar-refractivity contribution in [2.75, 3.05) is 13.6 Å². The van der Waals surface area contributed by atoms with Crippen LogP contribution in [0.25, 0.3) is 0 Å². The third-order valence-corrected chi connectivity index (χ3v) is 6.84. The molecule has 0 saturated carbocycles. The molecule has 2 amide bonds. The lowest BCUT2D eigenvalue weighted by Crippen LogP contribution is -2.46. The van der Waals surface area contributed by atoms with E-state index in [0.717, 1.165) is 35.6 Å². The summed E-state index contributed by atoms with van der Waals surface area (Å²) in [6.45, 7) is 1.44. The van der Waals surface area contributed by atoms with Crippen molar-refractivity contribution < 1.29 is 18.0 Å². The third-order valence-electron chi connectivity index (χ3n) is 5.02. The van der Waals surface area contributed by atoms with Gasteiger partial charge in [0, 0.05) is 12.6 Å². The first-order chi connectivity index (χ1) is 13.8. The van der Waals surface area contributed by atoms with E-state index in [2.05, 4.69) is 10.9 Å². The Labute approximate surface area is 171 Å². The van der Waals surface area contributed by atoms with Crippen LogP contribution in [0.2, 0.25) is 0 Å². The van der Waals surface area contributed by atoms with Crippen LogP contribution in [0.5, 0.6) is 0 Å². The molecule has 0 spiro atoms. The normalized spacial score (nSPS) is 13.6. The lowest BCUT2D eigenvalue weighted by molar-refractivity contribution is -0.121. The number of aryl methyl sites for hydroxylation is 3. The summed E-state index contributed by atoms with van der Waals surface area (Å²) in [5.41, 5.74) is 8.46. The Balaban J connectivity index is 1.56. The van der Waals surface area contributed by atoms with E-state index in [9.17, 15) is 18.0 Å². The Morgan fingerprint density at radius 1 is 0.966 bits per heavy atom. The molecule has 0 bridgehead atoms. The van der Waals surface area contributed by atoms with Gasteiger partial charge < -0.3 is 0 Å². The predicted octanol–water partition coefficient (Wildman–Crippen LogP) is 1.96. The molecular formula is C21H25N3O4S. The van der Waals surface area contributed by atoms with E-state index in [4.69, 9.17) is 0 Å². The van der Waals surface area contributed by atoms with Gasteiger partial charge in [-0.05, 0) is 68.0 Å². The largest absolute Gasteiger partial charge is 0.272 e. The summed E-state index contributed by atoms with van der Waals surface area (Å²) in [5.74, 6) is -1.06. The summed E-state index contributed by atoms with van der Waals surface area (Å²) in [4.78, 5) is 24.5. The molecule has 0 aromatic heterocycles. The number of carbonyl (C=O) groups is 2. The molecule has 2 aromatic rings. The van der Waals surface area contributed by atoms with Crippen molar-refractivity contribution in [2.45, 2.75) is 37.5 Å². The van der Waals surface area contributed by atoms with Crippen LogP contribution >= 0.6 is 0 Å². The summed E-state index contributed by atoms with van der Waals surface area (Å²) in [7, 11) is -2.47. The van der Waals surface area contributed by atoms with Crippen molar-refractivity contribution in [1.82, 2.24) is 15.2 Å². The zero-order valence-corrected chi connectivity index (χ0v) is 17.4. The summed E-state index contributed by atoms with van der Waals surface area (Å²) in [5, 5.41) is 0. The minimum absolute atomic E-state index is 0.108. The highest BCUT2D eigenvalue weighted by Gasteiger charge is 2.23. The highest BCUT2D eigenvalue weighted by molar-refractivity contribution is 7.89. The molecule has 0 unspecified atom stereocenters. The second-order valence-corrected chi connectivity index (χ2v) is 9.31. The second-order valence-electron chi connectivity index (χ2n) is 7.27. The number of benzene rings is 2. The number of nitrogens with zero attached hydrogens (tertiary/aromatic N) is 1. The molecule has 7 nitrogen and oxygen atoms in total. The maximum Gasteiger partial charge on any atom is 0.269 e. The van der Waals surface area contributed by atoms with Gasteiger partial charge in [0.2, 0.25) is 10.0 Å². The van der Waals surface area contributed by atoms with Gasteiger partial charge in [-0.15, -0.1) is 0 Å². The van der Waals surface area contributed by atoms with Crippen molar-refractivity contribution in [3.63, 3.8) is 0 Å². The minimum atomic E-state index is -3.79. The van der Waals surface area contributed by atoms with Crippen LogP contribution in [0, 0.1) is 6.92 Å². The van der Waals surface area contributed by atoms with Crippen LogP contribution < -0.4 is 10.9 Å². The quantitative estimate of drug-likeness (QED) is 0.730. The molecule has 0 aliphatic heterocycles. The number of amides is 2. The number of hydrazine groups is 1. The van der Waals surface area contributed by atoms with E-state index in [0.29, 0.717) is 5.56 Å². The number of likely N-dealkylation sites (N-methyl/N-ethyl adjacent to an activating group) is 1. The topological polar surface area (TPSA) is 95.6 Å². The molecule has 2 aromatic carbocycles. The molecule has 0 atom stereocenters. The van der Waals surface area contributed by atoms with Crippen molar-refractivity contribution in [3.8, 4) is 0 Å². The van der Waals surface area contributed by atoms with Crippen LogP contribution in [0.15, 0.2) is 47.4 Å². The maximum absolute atomic E-state index is 12.5. The van der Waals surface area contributed by atoms with Gasteiger partial charge in [0.05, 0.1) is 11.4 Å². The third kappa shape index (κ3) is 5.02. The molecule has 0 radical (unpaired) electrons. The molecule has 0 heterocycles. The van der Waals surface area contributed by atoms with Crippen LogP contribution in [-0.2, 0) is 27.7 Å². The highest BCUT2D eigenvalue weighted by Crippen LogP contribution is 2.22. The van der Waals surface area contributed by atoms with Gasteiger partial charge >= 0.3 is 0 Å². The first-order valence-electron chi connectivity index (χ1n) is 9.51. The molecule has 154 valence electrons. The highest BCUT2D eigenvalue weighted by atomic mass is 32.2. The number of sulfonamides is 1. The molecule has 1 aliphatic rings. The van der Waals surface area contributed by atoms with Gasteiger partial charge in [0.1, 0.15) is 0 Å². The lowest BCUT2D eigenvalue weighted by Gasteiger charge is -2.18. The standard InChI is InChI=1S/C21H25N3O4S/c1-15-7-11-19(12-8-15)29(27,28)24(2)14-20(25)22-23-21(26)18-10-9-16-5-3-4-6-17(16)13-18/h7-13H,3-6,14H2,1-2H3,(H,22,25)(H,23,26). The smallest absolute Gasteiger partial charge is 0.269 e. The number of rotatable bonds is 5. The molecule has 8 heteroatoms. The van der Waals surface area contributed by atoms with Crippen molar-refractivity contribution >= 4 is 21.8 Å². The Hall–Kier alpha value is -2.71. The average Bonchev–Trinajstić information content (AvgIpc) is 2.71. The summed E-state index contributed by atoms with van der Waals surface area (Å²) >= 11 is 0. The van der Waals surface area contributed by atoms with Gasteiger partial charge in [-0.3, -0.25) is 20.4 Å². The molecule has 2 N–H and O–H groups in total. The molecule has 1 aliphatic carbocycles. The lowest BCUT2D eigenvalue weighted by atomic mass is 9.90. The summed E-state index contributed by atoms with van der Waals surface area (Å²) in [6, 6.07) is 11.9. The van der Waals surface area contributed by atoms with Crippen molar-refractivity contribution in [3.05, 3.63) is 64.7 Å². The van der Waals surface area contributed by atoms with Crippen LogP contribution in [0.4, 0.5) is 0 Å². The number of hydrogen-bond donors (Lipinski definition) is 2. The monoisotopic (exact) mass is 415 g/mol. The van der Waals surface area contributed by atoms with Crippen molar-refractivity contribution in [1.29, 1.82) is 0 Å². The van der Waals surface area contributed by atoms with Gasteiger partial charge in [-0.1, -0.05) is 23.8 Å². The second kappa shape index (κ2) is 8.75. The fourth-order valence-corrected chi connectivity index (χ4v) is 4.42. The Morgan fingerprint density at radius 3 is 2.31 bits per heavy atom. The molecule has 0 fully saturated rings. The molecule has 3 rings (SSSR count). The maximum atomic E-state index is 12.5. The summed E-state index contributed by atoms with van der Waals surface area (Å²) < 4.78 is 26.0. The van der Waals surface area contributed by atoms with Gasteiger partial charge in [0.25, 0.3) is 11.8 Å². The van der Waals surface area contributed by atoms with E-state index in [-0.39, 0.29) is 4.90 Å². The Bertz CT molecular complexity index is 1020. The van der Waals surface area contributed by atoms with Crippen molar-refractivity contribution in [2.24, 2.45) is 0 Å². The fourth-order valence-electron chi connectivity index (χ4n) is 3.29. The van der Waals surface area contributed by atoms with E-state index in [1.54, 1.807) is 18.2 Å². The first-order valence-corrected chi connectivity index (χ1v) is 11.0. The van der Waals surface area contributed by atoms with E-state index < -0.39 is 28.4 Å². The van der Waals surface area contributed by atoms with E-state index in [1.807, 2.05) is 19.1 Å². The van der Waals surface area contributed by atoms with Crippen LogP contribution in [-0.4, -0.2) is 38.1 Å². The zero-order chi connectivity index (χ0) is 21.0. The Morgan fingerprint density at radius 2 is 1.62 bits per heavy atom. The molecule has 29 heavy (non-hydrogen) atoms. The first kappa shape index (κ1) is 21.0. The minimum Gasteiger partial charge on any atom is -0.272 e.